The van der Waals surface area contributed by atoms with Crippen molar-refractivity contribution >= 4 is 17.2 Å². The molecule has 4 rings (SSSR count). The zero-order chi connectivity index (χ0) is 21.6. The first-order valence-electron chi connectivity index (χ1n) is 10.1. The van der Waals surface area contributed by atoms with E-state index in [1.807, 2.05) is 48.5 Å². The molecule has 0 fully saturated rings. The van der Waals surface area contributed by atoms with Gasteiger partial charge in [0.25, 0.3) is 5.56 Å². The van der Waals surface area contributed by atoms with Crippen LogP contribution in [0.1, 0.15) is 25.3 Å². The number of rotatable bonds is 8. The van der Waals surface area contributed by atoms with Gasteiger partial charge in [-0.1, -0.05) is 31.5 Å². The van der Waals surface area contributed by atoms with Crippen LogP contribution in [0.4, 0.5) is 0 Å². The summed E-state index contributed by atoms with van der Waals surface area (Å²) < 4.78 is 14.0. The van der Waals surface area contributed by atoms with Gasteiger partial charge in [-0.25, -0.2) is 9.67 Å². The van der Waals surface area contributed by atoms with Crippen molar-refractivity contribution < 1.29 is 9.47 Å². The topological polar surface area (TPSA) is 83.5 Å². The third-order valence-corrected chi connectivity index (χ3v) is 4.75. The van der Waals surface area contributed by atoms with Crippen LogP contribution in [0.3, 0.4) is 0 Å². The SMILES string of the molecule is CCCCOc1cc(/C=N\n2cnc3c(cnn3-c3ccccc3)c2=O)ccc1OC. The molecule has 0 bridgehead atoms. The van der Waals surface area contributed by atoms with Crippen molar-refractivity contribution in [3.63, 3.8) is 0 Å². The van der Waals surface area contributed by atoms with Gasteiger partial charge in [-0.3, -0.25) is 4.79 Å². The van der Waals surface area contributed by atoms with Crippen LogP contribution in [-0.4, -0.2) is 39.4 Å². The van der Waals surface area contributed by atoms with E-state index in [1.165, 1.54) is 17.2 Å². The lowest BCUT2D eigenvalue weighted by atomic mass is 10.2. The first kappa shape index (κ1) is 20.3. The van der Waals surface area contributed by atoms with Crippen LogP contribution in [0.5, 0.6) is 11.5 Å². The summed E-state index contributed by atoms with van der Waals surface area (Å²) in [6, 6.07) is 15.0. The number of hydrogen-bond acceptors (Lipinski definition) is 6. The highest BCUT2D eigenvalue weighted by atomic mass is 16.5. The summed E-state index contributed by atoms with van der Waals surface area (Å²) in [4.78, 5) is 17.2. The molecule has 0 N–H and O–H groups in total. The Kier molecular flexibility index (Phi) is 6.07. The molecular formula is C23H23N5O3. The number of unbranched alkanes of at least 4 members (excludes halogenated alkanes) is 1. The van der Waals surface area contributed by atoms with Crippen LogP contribution >= 0.6 is 0 Å². The van der Waals surface area contributed by atoms with Crippen LogP contribution in [-0.2, 0) is 0 Å². The summed E-state index contributed by atoms with van der Waals surface area (Å²) in [5, 5.41) is 8.99. The second kappa shape index (κ2) is 9.25. The minimum atomic E-state index is -0.295. The summed E-state index contributed by atoms with van der Waals surface area (Å²) in [7, 11) is 1.60. The van der Waals surface area contributed by atoms with E-state index < -0.39 is 0 Å². The summed E-state index contributed by atoms with van der Waals surface area (Å²) >= 11 is 0. The van der Waals surface area contributed by atoms with Crippen LogP contribution in [0.15, 0.2) is 71.0 Å². The van der Waals surface area contributed by atoms with E-state index in [4.69, 9.17) is 9.47 Å². The van der Waals surface area contributed by atoms with Crippen molar-refractivity contribution in [3.8, 4) is 17.2 Å². The van der Waals surface area contributed by atoms with Crippen LogP contribution < -0.4 is 15.0 Å². The fourth-order valence-corrected chi connectivity index (χ4v) is 3.08. The normalized spacial score (nSPS) is 11.3. The number of ether oxygens (including phenoxy) is 2. The molecule has 0 amide bonds. The molecule has 0 atom stereocenters. The molecule has 8 heteroatoms. The Balaban J connectivity index is 1.62. The van der Waals surface area contributed by atoms with E-state index in [0.29, 0.717) is 29.1 Å². The van der Waals surface area contributed by atoms with E-state index in [2.05, 4.69) is 22.1 Å². The highest BCUT2D eigenvalue weighted by Gasteiger charge is 2.11. The van der Waals surface area contributed by atoms with Crippen molar-refractivity contribution in [1.29, 1.82) is 0 Å². The number of fused-ring (bicyclic) bond motifs is 1. The maximum Gasteiger partial charge on any atom is 0.285 e. The minimum Gasteiger partial charge on any atom is -0.493 e. The molecule has 2 aromatic heterocycles. The third-order valence-electron chi connectivity index (χ3n) is 4.75. The lowest BCUT2D eigenvalue weighted by Gasteiger charge is -2.10. The van der Waals surface area contributed by atoms with Crippen LogP contribution in [0.2, 0.25) is 0 Å². The molecule has 31 heavy (non-hydrogen) atoms. The summed E-state index contributed by atoms with van der Waals surface area (Å²) in [5.41, 5.74) is 1.80. The fraction of sp³-hybridized carbons (Fsp3) is 0.217. The average molecular weight is 417 g/mol. The quantitative estimate of drug-likeness (QED) is 0.323. The number of aromatic nitrogens is 4. The van der Waals surface area contributed by atoms with Gasteiger partial charge in [0.1, 0.15) is 11.7 Å². The Labute approximate surface area is 179 Å². The van der Waals surface area contributed by atoms with Crippen molar-refractivity contribution in [3.05, 3.63) is 77.0 Å². The Morgan fingerprint density at radius 3 is 2.74 bits per heavy atom. The molecule has 0 spiro atoms. The first-order chi connectivity index (χ1) is 15.2. The molecule has 0 unspecified atom stereocenters. The molecular weight excluding hydrogens is 394 g/mol. The standard InChI is InChI=1S/C23H23N5O3/c1-3-4-12-31-21-13-17(10-11-20(21)30-2)14-25-27-16-24-22-19(23(27)29)15-26-28(22)18-8-6-5-7-9-18/h5-11,13-16H,3-4,12H2,1-2H3/b25-14-. The van der Waals surface area contributed by atoms with Gasteiger partial charge in [0.2, 0.25) is 0 Å². The molecule has 2 aromatic carbocycles. The van der Waals surface area contributed by atoms with Crippen LogP contribution in [0, 0.1) is 0 Å². The fourth-order valence-electron chi connectivity index (χ4n) is 3.08. The molecule has 158 valence electrons. The summed E-state index contributed by atoms with van der Waals surface area (Å²) in [6.45, 7) is 2.72. The molecule has 0 saturated heterocycles. The van der Waals surface area contributed by atoms with Crippen molar-refractivity contribution in [2.45, 2.75) is 19.8 Å². The third kappa shape index (κ3) is 4.32. The predicted molar refractivity (Wildman–Crippen MR) is 120 cm³/mol. The Hall–Kier alpha value is -3.94. The second-order valence-electron chi connectivity index (χ2n) is 6.88. The Bertz CT molecular complexity index is 1260. The summed E-state index contributed by atoms with van der Waals surface area (Å²) in [6.07, 6.45) is 6.49. The zero-order valence-electron chi connectivity index (χ0n) is 17.4. The molecule has 0 aliphatic rings. The van der Waals surface area contributed by atoms with Gasteiger partial charge in [0.15, 0.2) is 17.1 Å². The molecule has 0 aliphatic carbocycles. The van der Waals surface area contributed by atoms with E-state index in [0.717, 1.165) is 24.1 Å². The maximum absolute atomic E-state index is 12.8. The number of hydrogen-bond donors (Lipinski definition) is 0. The Morgan fingerprint density at radius 2 is 1.97 bits per heavy atom. The highest BCUT2D eigenvalue weighted by molar-refractivity contribution is 5.81. The first-order valence-corrected chi connectivity index (χ1v) is 10.1. The van der Waals surface area contributed by atoms with Crippen LogP contribution in [0.25, 0.3) is 16.7 Å². The van der Waals surface area contributed by atoms with Gasteiger partial charge in [-0.15, -0.1) is 0 Å². The van der Waals surface area contributed by atoms with E-state index in [9.17, 15) is 4.79 Å². The molecule has 0 radical (unpaired) electrons. The van der Waals surface area contributed by atoms with Crippen molar-refractivity contribution in [2.75, 3.05) is 13.7 Å². The summed E-state index contributed by atoms with van der Waals surface area (Å²) in [5.74, 6) is 1.30. The molecule has 0 saturated carbocycles. The van der Waals surface area contributed by atoms with E-state index in [-0.39, 0.29) is 5.56 Å². The van der Waals surface area contributed by atoms with Gasteiger partial charge in [0, 0.05) is 0 Å². The van der Waals surface area contributed by atoms with Gasteiger partial charge >= 0.3 is 0 Å². The second-order valence-corrected chi connectivity index (χ2v) is 6.88. The van der Waals surface area contributed by atoms with E-state index >= 15 is 0 Å². The number of benzene rings is 2. The monoisotopic (exact) mass is 417 g/mol. The maximum atomic E-state index is 12.8. The lowest BCUT2D eigenvalue weighted by molar-refractivity contribution is 0.288. The van der Waals surface area contributed by atoms with Crippen molar-refractivity contribution in [2.24, 2.45) is 5.10 Å². The molecule has 8 nitrogen and oxygen atoms in total. The predicted octanol–water partition coefficient (Wildman–Crippen LogP) is 3.65. The largest absolute Gasteiger partial charge is 0.493 e. The number of nitrogens with zero attached hydrogens (tertiary/aromatic N) is 5. The molecule has 2 heterocycles. The van der Waals surface area contributed by atoms with Gasteiger partial charge in [-0.2, -0.15) is 14.9 Å². The lowest BCUT2D eigenvalue weighted by Crippen LogP contribution is -2.17. The molecule has 0 aliphatic heterocycles. The van der Waals surface area contributed by atoms with Gasteiger partial charge in [0.05, 0.1) is 31.8 Å². The van der Waals surface area contributed by atoms with E-state index in [1.54, 1.807) is 18.0 Å². The zero-order valence-corrected chi connectivity index (χ0v) is 17.4. The number of para-hydroxylation sites is 1. The smallest absolute Gasteiger partial charge is 0.285 e. The number of methoxy groups -OCH3 is 1. The average Bonchev–Trinajstić information content (AvgIpc) is 3.24. The molecule has 4 aromatic rings. The minimum absolute atomic E-state index is 0.295. The van der Waals surface area contributed by atoms with Gasteiger partial charge < -0.3 is 9.47 Å². The van der Waals surface area contributed by atoms with Gasteiger partial charge in [-0.05, 0) is 42.3 Å². The van der Waals surface area contributed by atoms with Crippen molar-refractivity contribution in [1.82, 2.24) is 19.4 Å². The Morgan fingerprint density at radius 1 is 1.13 bits per heavy atom. The highest BCUT2D eigenvalue weighted by Crippen LogP contribution is 2.27.